The van der Waals surface area contributed by atoms with E-state index in [2.05, 4.69) is 23.5 Å². The molecule has 0 amide bonds. The minimum absolute atomic E-state index is 0.268. The van der Waals surface area contributed by atoms with E-state index >= 15 is 0 Å². The molecule has 2 atom stereocenters. The fourth-order valence-corrected chi connectivity index (χ4v) is 4.69. The second kappa shape index (κ2) is 7.20. The fraction of sp³-hybridized carbons (Fsp3) is 1.00. The third-order valence-electron chi connectivity index (χ3n) is 4.64. The standard InChI is InChI=1S/C14H29N3O2S/c1-13-8-4-7-11-17(13)14(2)12-15-20(18,19)16-9-5-3-6-10-16/h13-15H,3-12H2,1-2H3/t13-,14-/m1/s1. The molecule has 20 heavy (non-hydrogen) atoms. The molecule has 0 spiro atoms. The Labute approximate surface area is 123 Å². The van der Waals surface area contributed by atoms with E-state index in [9.17, 15) is 8.42 Å². The minimum Gasteiger partial charge on any atom is -0.297 e. The lowest BCUT2D eigenvalue weighted by molar-refractivity contribution is 0.116. The third kappa shape index (κ3) is 4.16. The second-order valence-electron chi connectivity index (χ2n) is 6.24. The maximum atomic E-state index is 12.3. The zero-order chi connectivity index (χ0) is 14.6. The first-order valence-electron chi connectivity index (χ1n) is 8.01. The quantitative estimate of drug-likeness (QED) is 0.839. The van der Waals surface area contributed by atoms with Crippen LogP contribution in [0.15, 0.2) is 0 Å². The molecule has 0 aromatic rings. The van der Waals surface area contributed by atoms with Crippen LogP contribution in [0.4, 0.5) is 0 Å². The van der Waals surface area contributed by atoms with E-state index in [4.69, 9.17) is 0 Å². The number of rotatable bonds is 5. The molecule has 5 nitrogen and oxygen atoms in total. The smallest absolute Gasteiger partial charge is 0.279 e. The van der Waals surface area contributed by atoms with E-state index in [1.165, 1.54) is 19.3 Å². The summed E-state index contributed by atoms with van der Waals surface area (Å²) >= 11 is 0. The Morgan fingerprint density at radius 2 is 1.75 bits per heavy atom. The van der Waals surface area contributed by atoms with Gasteiger partial charge >= 0.3 is 0 Å². The highest BCUT2D eigenvalue weighted by molar-refractivity contribution is 7.87. The molecule has 2 aliphatic rings. The molecule has 118 valence electrons. The van der Waals surface area contributed by atoms with E-state index in [1.54, 1.807) is 4.31 Å². The number of likely N-dealkylation sites (tertiary alicyclic amines) is 1. The largest absolute Gasteiger partial charge is 0.297 e. The van der Waals surface area contributed by atoms with Crippen LogP contribution in [-0.4, -0.2) is 55.9 Å². The van der Waals surface area contributed by atoms with Gasteiger partial charge in [-0.05, 0) is 46.1 Å². The van der Waals surface area contributed by atoms with Crippen molar-refractivity contribution in [3.8, 4) is 0 Å². The highest BCUT2D eigenvalue weighted by Crippen LogP contribution is 2.19. The molecule has 6 heteroatoms. The van der Waals surface area contributed by atoms with Crippen LogP contribution >= 0.6 is 0 Å². The Morgan fingerprint density at radius 1 is 1.10 bits per heavy atom. The first kappa shape index (κ1) is 16.2. The normalized spacial score (nSPS) is 28.4. The summed E-state index contributed by atoms with van der Waals surface area (Å²) in [5, 5.41) is 0. The molecule has 2 heterocycles. The Morgan fingerprint density at radius 3 is 2.40 bits per heavy atom. The van der Waals surface area contributed by atoms with Crippen LogP contribution in [0.2, 0.25) is 0 Å². The lowest BCUT2D eigenvalue weighted by Crippen LogP contribution is -2.51. The van der Waals surface area contributed by atoms with Crippen molar-refractivity contribution < 1.29 is 8.42 Å². The Balaban J connectivity index is 1.83. The number of hydrogen-bond acceptors (Lipinski definition) is 3. The fourth-order valence-electron chi connectivity index (χ4n) is 3.31. The molecule has 0 radical (unpaired) electrons. The third-order valence-corrected chi connectivity index (χ3v) is 6.21. The highest BCUT2D eigenvalue weighted by Gasteiger charge is 2.27. The predicted octanol–water partition coefficient (Wildman–Crippen LogP) is 1.57. The van der Waals surface area contributed by atoms with E-state index in [0.717, 1.165) is 25.8 Å². The van der Waals surface area contributed by atoms with Crippen molar-refractivity contribution in [2.45, 2.75) is 64.5 Å². The Hall–Kier alpha value is -0.170. The van der Waals surface area contributed by atoms with Crippen molar-refractivity contribution >= 4 is 10.2 Å². The average Bonchev–Trinajstić information content (AvgIpc) is 2.46. The Kier molecular flexibility index (Phi) is 5.84. The van der Waals surface area contributed by atoms with Gasteiger partial charge in [0.1, 0.15) is 0 Å². The molecule has 2 fully saturated rings. The average molecular weight is 303 g/mol. The molecular weight excluding hydrogens is 274 g/mol. The van der Waals surface area contributed by atoms with E-state index in [0.29, 0.717) is 25.7 Å². The lowest BCUT2D eigenvalue weighted by atomic mass is 10.0. The number of piperidine rings is 2. The van der Waals surface area contributed by atoms with Gasteiger partial charge in [0.05, 0.1) is 0 Å². The van der Waals surface area contributed by atoms with Crippen molar-refractivity contribution in [1.82, 2.24) is 13.9 Å². The van der Waals surface area contributed by atoms with Gasteiger partial charge in [0.2, 0.25) is 0 Å². The SMILES string of the molecule is C[C@@H]1CCCCN1[C@H](C)CNS(=O)(=O)N1CCCCC1. The molecule has 2 saturated heterocycles. The van der Waals surface area contributed by atoms with Gasteiger partial charge in [-0.25, -0.2) is 4.72 Å². The van der Waals surface area contributed by atoms with Crippen LogP contribution in [0.3, 0.4) is 0 Å². The van der Waals surface area contributed by atoms with Gasteiger partial charge in [0, 0.05) is 31.7 Å². The van der Waals surface area contributed by atoms with Gasteiger partial charge < -0.3 is 0 Å². The second-order valence-corrected chi connectivity index (χ2v) is 8.00. The zero-order valence-corrected chi connectivity index (χ0v) is 13.7. The molecule has 0 aromatic carbocycles. The van der Waals surface area contributed by atoms with Crippen LogP contribution in [0.1, 0.15) is 52.4 Å². The van der Waals surface area contributed by atoms with E-state index in [1.807, 2.05) is 0 Å². The molecule has 0 unspecified atom stereocenters. The first-order chi connectivity index (χ1) is 9.50. The summed E-state index contributed by atoms with van der Waals surface area (Å²) in [4.78, 5) is 2.43. The van der Waals surface area contributed by atoms with E-state index < -0.39 is 10.2 Å². The van der Waals surface area contributed by atoms with Gasteiger partial charge in [0.15, 0.2) is 0 Å². The monoisotopic (exact) mass is 303 g/mol. The van der Waals surface area contributed by atoms with Crippen LogP contribution < -0.4 is 4.72 Å². The molecule has 2 rings (SSSR count). The lowest BCUT2D eigenvalue weighted by Gasteiger charge is -2.38. The van der Waals surface area contributed by atoms with Crippen molar-refractivity contribution in [2.75, 3.05) is 26.2 Å². The van der Waals surface area contributed by atoms with E-state index in [-0.39, 0.29) is 6.04 Å². The predicted molar refractivity (Wildman–Crippen MR) is 81.8 cm³/mol. The van der Waals surface area contributed by atoms with Crippen LogP contribution in [-0.2, 0) is 10.2 Å². The molecule has 2 aliphatic heterocycles. The Bertz CT molecular complexity index is 393. The number of nitrogens with zero attached hydrogens (tertiary/aromatic N) is 2. The highest BCUT2D eigenvalue weighted by atomic mass is 32.2. The van der Waals surface area contributed by atoms with Gasteiger partial charge in [-0.15, -0.1) is 0 Å². The van der Waals surface area contributed by atoms with Gasteiger partial charge in [-0.3, -0.25) is 4.90 Å². The first-order valence-corrected chi connectivity index (χ1v) is 9.45. The number of nitrogens with one attached hydrogen (secondary N) is 1. The molecule has 1 N–H and O–H groups in total. The molecule has 0 aliphatic carbocycles. The summed E-state index contributed by atoms with van der Waals surface area (Å²) < 4.78 is 28.9. The summed E-state index contributed by atoms with van der Waals surface area (Å²) in [5.41, 5.74) is 0. The minimum atomic E-state index is -3.28. The molecular formula is C14H29N3O2S. The summed E-state index contributed by atoms with van der Waals surface area (Å²) in [6, 6.07) is 0.836. The molecule has 0 saturated carbocycles. The van der Waals surface area contributed by atoms with Gasteiger partial charge in [-0.1, -0.05) is 12.8 Å². The van der Waals surface area contributed by atoms with Crippen LogP contribution in [0, 0.1) is 0 Å². The molecule has 0 aromatic heterocycles. The van der Waals surface area contributed by atoms with Crippen molar-refractivity contribution in [2.24, 2.45) is 0 Å². The maximum absolute atomic E-state index is 12.3. The summed E-state index contributed by atoms with van der Waals surface area (Å²) in [7, 11) is -3.28. The van der Waals surface area contributed by atoms with Crippen molar-refractivity contribution in [3.05, 3.63) is 0 Å². The summed E-state index contributed by atoms with van der Waals surface area (Å²) in [5.74, 6) is 0. The van der Waals surface area contributed by atoms with Crippen LogP contribution in [0.25, 0.3) is 0 Å². The molecule has 0 bridgehead atoms. The van der Waals surface area contributed by atoms with Crippen molar-refractivity contribution in [1.29, 1.82) is 0 Å². The van der Waals surface area contributed by atoms with Crippen LogP contribution in [0.5, 0.6) is 0 Å². The topological polar surface area (TPSA) is 52.7 Å². The zero-order valence-electron chi connectivity index (χ0n) is 12.8. The number of hydrogen-bond donors (Lipinski definition) is 1. The maximum Gasteiger partial charge on any atom is 0.279 e. The van der Waals surface area contributed by atoms with Gasteiger partial charge in [0.25, 0.3) is 10.2 Å². The summed E-state index contributed by atoms with van der Waals surface area (Å²) in [6.07, 6.45) is 6.87. The van der Waals surface area contributed by atoms with Gasteiger partial charge in [-0.2, -0.15) is 12.7 Å². The van der Waals surface area contributed by atoms with Crippen molar-refractivity contribution in [3.63, 3.8) is 0 Å². The summed E-state index contributed by atoms with van der Waals surface area (Å²) in [6.45, 7) is 7.32.